The van der Waals surface area contributed by atoms with Crippen LogP contribution in [-0.2, 0) is 6.54 Å². The molecule has 0 bridgehead atoms. The number of rotatable bonds is 1. The average molecular weight is 258 g/mol. The zero-order valence-electron chi connectivity index (χ0n) is 5.98. The van der Waals surface area contributed by atoms with Crippen molar-refractivity contribution < 1.29 is 8.78 Å². The molecule has 5 heteroatoms. The molecule has 1 nitrogen and oxygen atoms in total. The summed E-state index contributed by atoms with van der Waals surface area (Å²) >= 11 is 2.92. The van der Waals surface area contributed by atoms with Crippen LogP contribution in [-0.4, -0.2) is 0 Å². The molecule has 0 atom stereocenters. The van der Waals surface area contributed by atoms with E-state index in [2.05, 4.69) is 15.9 Å². The van der Waals surface area contributed by atoms with Gasteiger partial charge in [-0.2, -0.15) is 0 Å². The highest BCUT2D eigenvalue weighted by Gasteiger charge is 2.09. The van der Waals surface area contributed by atoms with Crippen LogP contribution < -0.4 is 5.73 Å². The molecule has 0 heterocycles. The first-order chi connectivity index (χ1) is 5.16. The normalized spacial score (nSPS) is 9.33. The van der Waals surface area contributed by atoms with Crippen LogP contribution in [0.5, 0.6) is 0 Å². The van der Waals surface area contributed by atoms with Gasteiger partial charge in [0.2, 0.25) is 0 Å². The van der Waals surface area contributed by atoms with Crippen molar-refractivity contribution in [3.05, 3.63) is 33.8 Å². The monoisotopic (exact) mass is 257 g/mol. The summed E-state index contributed by atoms with van der Waals surface area (Å²) < 4.78 is 25.8. The number of nitrogens with two attached hydrogens (primary N) is 1. The third-order valence-electron chi connectivity index (χ3n) is 1.34. The van der Waals surface area contributed by atoms with Crippen LogP contribution in [0.4, 0.5) is 8.78 Å². The maximum Gasteiger partial charge on any atom is 0.144 e. The summed E-state index contributed by atoms with van der Waals surface area (Å²) in [4.78, 5) is 0. The Labute approximate surface area is 83.5 Å². The van der Waals surface area contributed by atoms with E-state index in [1.165, 1.54) is 12.1 Å². The van der Waals surface area contributed by atoms with Gasteiger partial charge in [-0.05, 0) is 28.1 Å². The van der Waals surface area contributed by atoms with Crippen LogP contribution in [0, 0.1) is 11.6 Å². The van der Waals surface area contributed by atoms with E-state index in [1.54, 1.807) is 0 Å². The SMILES string of the molecule is Cl.NCc1c(F)ccc(Br)c1F. The number of halogens is 4. The van der Waals surface area contributed by atoms with Gasteiger partial charge in [0.25, 0.3) is 0 Å². The minimum atomic E-state index is -0.618. The number of hydrogen-bond acceptors (Lipinski definition) is 1. The summed E-state index contributed by atoms with van der Waals surface area (Å²) in [6, 6.07) is 2.49. The van der Waals surface area contributed by atoms with Crippen molar-refractivity contribution in [2.24, 2.45) is 5.73 Å². The van der Waals surface area contributed by atoms with E-state index < -0.39 is 11.6 Å². The summed E-state index contributed by atoms with van der Waals surface area (Å²) in [7, 11) is 0. The molecule has 0 saturated heterocycles. The summed E-state index contributed by atoms with van der Waals surface area (Å²) in [5, 5.41) is 0. The fourth-order valence-electron chi connectivity index (χ4n) is 0.756. The third-order valence-corrected chi connectivity index (χ3v) is 1.96. The lowest BCUT2D eigenvalue weighted by molar-refractivity contribution is 0.552. The zero-order chi connectivity index (χ0) is 8.43. The standard InChI is InChI=1S/C7H6BrF2N.ClH/c8-5-1-2-6(9)4(3-11)7(5)10;/h1-2H,3,11H2;1H. The lowest BCUT2D eigenvalue weighted by atomic mass is 10.2. The number of benzene rings is 1. The lowest BCUT2D eigenvalue weighted by Gasteiger charge is -2.01. The molecule has 0 saturated carbocycles. The van der Waals surface area contributed by atoms with Crippen LogP contribution in [0.3, 0.4) is 0 Å². The van der Waals surface area contributed by atoms with E-state index in [-0.39, 0.29) is 29.0 Å². The summed E-state index contributed by atoms with van der Waals surface area (Å²) in [5.74, 6) is -1.22. The van der Waals surface area contributed by atoms with Crippen molar-refractivity contribution in [2.45, 2.75) is 6.54 Å². The fraction of sp³-hybridized carbons (Fsp3) is 0.143. The van der Waals surface area contributed by atoms with Crippen molar-refractivity contribution in [1.82, 2.24) is 0 Å². The highest BCUT2D eigenvalue weighted by molar-refractivity contribution is 9.10. The van der Waals surface area contributed by atoms with E-state index in [4.69, 9.17) is 5.73 Å². The third kappa shape index (κ3) is 2.15. The quantitative estimate of drug-likeness (QED) is 0.770. The van der Waals surface area contributed by atoms with E-state index in [0.29, 0.717) is 0 Å². The second-order valence-electron chi connectivity index (χ2n) is 2.03. The second-order valence-corrected chi connectivity index (χ2v) is 2.88. The van der Waals surface area contributed by atoms with Gasteiger partial charge in [-0.25, -0.2) is 8.78 Å². The van der Waals surface area contributed by atoms with Gasteiger partial charge in [0.1, 0.15) is 11.6 Å². The molecule has 12 heavy (non-hydrogen) atoms. The van der Waals surface area contributed by atoms with Gasteiger partial charge in [-0.3, -0.25) is 0 Å². The molecule has 2 N–H and O–H groups in total. The predicted molar refractivity (Wildman–Crippen MR) is 49.2 cm³/mol. The zero-order valence-corrected chi connectivity index (χ0v) is 8.38. The molecule has 0 spiro atoms. The van der Waals surface area contributed by atoms with E-state index in [0.717, 1.165) is 0 Å². The molecule has 0 amide bonds. The first-order valence-electron chi connectivity index (χ1n) is 2.99. The van der Waals surface area contributed by atoms with Crippen molar-refractivity contribution in [1.29, 1.82) is 0 Å². The average Bonchev–Trinajstić information content (AvgIpc) is 1.99. The minimum Gasteiger partial charge on any atom is -0.326 e. The smallest absolute Gasteiger partial charge is 0.144 e. The Morgan fingerprint density at radius 2 is 1.92 bits per heavy atom. The van der Waals surface area contributed by atoms with Gasteiger partial charge in [-0.1, -0.05) is 0 Å². The summed E-state index contributed by atoms with van der Waals surface area (Å²) in [5.41, 5.74) is 5.04. The predicted octanol–water partition coefficient (Wildman–Crippen LogP) is 2.61. The highest BCUT2D eigenvalue weighted by atomic mass is 79.9. The van der Waals surface area contributed by atoms with Crippen LogP contribution in [0.15, 0.2) is 16.6 Å². The summed E-state index contributed by atoms with van der Waals surface area (Å²) in [6.07, 6.45) is 0. The Kier molecular flexibility index (Phi) is 4.67. The van der Waals surface area contributed by atoms with Gasteiger partial charge < -0.3 is 5.73 Å². The first-order valence-corrected chi connectivity index (χ1v) is 3.78. The molecule has 0 aliphatic carbocycles. The minimum absolute atomic E-state index is 0. The van der Waals surface area contributed by atoms with Gasteiger partial charge in [0, 0.05) is 12.1 Å². The molecule has 0 aliphatic heterocycles. The van der Waals surface area contributed by atoms with Gasteiger partial charge in [0.15, 0.2) is 0 Å². The van der Waals surface area contributed by atoms with Crippen molar-refractivity contribution in [3.63, 3.8) is 0 Å². The highest BCUT2D eigenvalue weighted by Crippen LogP contribution is 2.20. The second kappa shape index (κ2) is 4.74. The molecule has 0 aliphatic rings. The molecule has 1 aromatic rings. The molecule has 1 aromatic carbocycles. The van der Waals surface area contributed by atoms with Crippen molar-refractivity contribution >= 4 is 28.3 Å². The molecule has 0 unspecified atom stereocenters. The molecular formula is C7H7BrClF2N. The Morgan fingerprint density at radius 1 is 1.33 bits per heavy atom. The first kappa shape index (κ1) is 11.8. The topological polar surface area (TPSA) is 26.0 Å². The molecular weight excluding hydrogens is 251 g/mol. The maximum absolute atomic E-state index is 12.9. The van der Waals surface area contributed by atoms with Crippen LogP contribution in [0.25, 0.3) is 0 Å². The van der Waals surface area contributed by atoms with E-state index >= 15 is 0 Å². The number of hydrogen-bond donors (Lipinski definition) is 1. The Bertz CT molecular complexity index is 280. The van der Waals surface area contributed by atoms with Gasteiger partial charge in [-0.15, -0.1) is 12.4 Å². The Balaban J connectivity index is 0.00000121. The largest absolute Gasteiger partial charge is 0.326 e. The maximum atomic E-state index is 12.9. The van der Waals surface area contributed by atoms with Crippen LogP contribution >= 0.6 is 28.3 Å². The molecule has 0 radical (unpaired) electrons. The van der Waals surface area contributed by atoms with Crippen molar-refractivity contribution in [3.8, 4) is 0 Å². The lowest BCUT2D eigenvalue weighted by Crippen LogP contribution is -2.03. The van der Waals surface area contributed by atoms with Crippen molar-refractivity contribution in [2.75, 3.05) is 0 Å². The van der Waals surface area contributed by atoms with Crippen LogP contribution in [0.1, 0.15) is 5.56 Å². The molecule has 0 aromatic heterocycles. The van der Waals surface area contributed by atoms with Gasteiger partial charge >= 0.3 is 0 Å². The molecule has 68 valence electrons. The molecule has 0 fully saturated rings. The molecule has 1 rings (SSSR count). The fourth-order valence-corrected chi connectivity index (χ4v) is 1.13. The van der Waals surface area contributed by atoms with E-state index in [9.17, 15) is 8.78 Å². The Morgan fingerprint density at radius 3 is 2.33 bits per heavy atom. The Hall–Kier alpha value is -0.190. The summed E-state index contributed by atoms with van der Waals surface area (Å²) in [6.45, 7) is -0.128. The van der Waals surface area contributed by atoms with Gasteiger partial charge in [0.05, 0.1) is 4.47 Å². The van der Waals surface area contributed by atoms with E-state index in [1.807, 2.05) is 0 Å². The van der Waals surface area contributed by atoms with Crippen LogP contribution in [0.2, 0.25) is 0 Å².